The summed E-state index contributed by atoms with van der Waals surface area (Å²) in [6.45, 7) is 4.21. The van der Waals surface area contributed by atoms with Gasteiger partial charge in [-0.1, -0.05) is 42.0 Å². The highest BCUT2D eigenvalue weighted by atomic mass is 16.2. The van der Waals surface area contributed by atoms with Crippen LogP contribution in [0, 0.1) is 6.92 Å². The average molecular weight is 462 g/mol. The first-order valence-electron chi connectivity index (χ1n) is 11.5. The number of imidazole rings is 1. The summed E-state index contributed by atoms with van der Waals surface area (Å²) < 4.78 is 1.77. The Morgan fingerprint density at radius 1 is 1.03 bits per heavy atom. The zero-order valence-corrected chi connectivity index (χ0v) is 19.2. The van der Waals surface area contributed by atoms with E-state index in [4.69, 9.17) is 0 Å². The molecule has 3 aromatic rings. The van der Waals surface area contributed by atoms with Crippen molar-refractivity contribution >= 4 is 28.9 Å². The van der Waals surface area contributed by atoms with Crippen LogP contribution in [-0.4, -0.2) is 56.8 Å². The van der Waals surface area contributed by atoms with Gasteiger partial charge in [0.2, 0.25) is 5.91 Å². The lowest BCUT2D eigenvalue weighted by Gasteiger charge is -2.33. The molecule has 1 atom stereocenters. The second-order valence-corrected chi connectivity index (χ2v) is 9.24. The van der Waals surface area contributed by atoms with Gasteiger partial charge in [-0.05, 0) is 44.4 Å². The van der Waals surface area contributed by atoms with Crippen LogP contribution in [0.1, 0.15) is 36.9 Å². The van der Waals surface area contributed by atoms with Gasteiger partial charge >= 0.3 is 11.7 Å². The number of benzene rings is 2. The molecule has 0 radical (unpaired) electrons. The van der Waals surface area contributed by atoms with Crippen LogP contribution in [0.5, 0.6) is 0 Å². The van der Waals surface area contributed by atoms with Crippen LogP contribution in [0.4, 0.5) is 4.79 Å². The van der Waals surface area contributed by atoms with Gasteiger partial charge in [0.1, 0.15) is 12.1 Å². The van der Waals surface area contributed by atoms with Gasteiger partial charge in [-0.15, -0.1) is 0 Å². The number of amides is 4. The number of urea groups is 1. The minimum absolute atomic E-state index is 0.0192. The summed E-state index contributed by atoms with van der Waals surface area (Å²) in [6, 6.07) is 14.4. The second kappa shape index (κ2) is 8.16. The molecule has 4 amide bonds. The molecule has 9 nitrogen and oxygen atoms in total. The number of hydrogen-bond donors (Lipinski definition) is 2. The van der Waals surface area contributed by atoms with Crippen LogP contribution in [0.25, 0.3) is 11.0 Å². The predicted octanol–water partition coefficient (Wildman–Crippen LogP) is 2.27. The third kappa shape index (κ3) is 3.57. The highest BCUT2D eigenvalue weighted by molar-refractivity contribution is 6.09. The van der Waals surface area contributed by atoms with Gasteiger partial charge in [0.25, 0.3) is 5.91 Å². The van der Waals surface area contributed by atoms with Gasteiger partial charge in [0, 0.05) is 19.1 Å². The van der Waals surface area contributed by atoms with Crippen molar-refractivity contribution < 1.29 is 14.4 Å². The maximum atomic E-state index is 13.1. The number of nitrogens with zero attached hydrogens (tertiary/aromatic N) is 3. The number of rotatable bonds is 4. The average Bonchev–Trinajstić information content (AvgIpc) is 3.28. The van der Waals surface area contributed by atoms with Crippen molar-refractivity contribution in [1.82, 2.24) is 24.7 Å². The maximum absolute atomic E-state index is 13.1. The van der Waals surface area contributed by atoms with Crippen molar-refractivity contribution in [3.05, 3.63) is 70.1 Å². The SMILES string of the molecule is Cc1ccc([C@@]2(C)NC(=O)N(CC(=O)N3CCC(n4c(=O)[nH]c5ccccc54)CC3)C2=O)cc1. The smallest absolute Gasteiger partial charge is 0.326 e. The fraction of sp³-hybridized carbons (Fsp3) is 0.360. The Morgan fingerprint density at radius 3 is 2.41 bits per heavy atom. The lowest BCUT2D eigenvalue weighted by Crippen LogP contribution is -2.47. The number of carbonyl (C=O) groups excluding carboxylic acids is 3. The summed E-state index contributed by atoms with van der Waals surface area (Å²) in [5.74, 6) is -0.712. The lowest BCUT2D eigenvalue weighted by molar-refractivity contribution is -0.139. The minimum atomic E-state index is -1.20. The molecule has 34 heavy (non-hydrogen) atoms. The Labute approximate surface area is 196 Å². The summed E-state index contributed by atoms with van der Waals surface area (Å²) in [4.78, 5) is 56.8. The summed E-state index contributed by atoms with van der Waals surface area (Å²) in [7, 11) is 0. The summed E-state index contributed by atoms with van der Waals surface area (Å²) in [5, 5.41) is 2.75. The first kappa shape index (κ1) is 21.9. The third-order valence-electron chi connectivity index (χ3n) is 7.00. The monoisotopic (exact) mass is 461 g/mol. The lowest BCUT2D eigenvalue weighted by atomic mass is 9.91. The number of likely N-dealkylation sites (tertiary alicyclic amines) is 1. The molecule has 176 valence electrons. The zero-order chi connectivity index (χ0) is 24.0. The molecule has 2 N–H and O–H groups in total. The first-order valence-corrected chi connectivity index (χ1v) is 11.5. The third-order valence-corrected chi connectivity index (χ3v) is 7.00. The molecule has 9 heteroatoms. The fourth-order valence-electron chi connectivity index (χ4n) is 4.97. The van der Waals surface area contributed by atoms with Crippen molar-refractivity contribution in [2.45, 2.75) is 38.3 Å². The van der Waals surface area contributed by atoms with E-state index < -0.39 is 17.5 Å². The number of para-hydroxylation sites is 2. The van der Waals surface area contributed by atoms with E-state index in [1.54, 1.807) is 16.4 Å². The Hall–Kier alpha value is -3.88. The summed E-state index contributed by atoms with van der Waals surface area (Å²) in [6.07, 6.45) is 1.24. The molecule has 2 aromatic carbocycles. The molecule has 2 saturated heterocycles. The summed E-state index contributed by atoms with van der Waals surface area (Å²) in [5.41, 5.74) is 2.02. The topological polar surface area (TPSA) is 108 Å². The van der Waals surface area contributed by atoms with E-state index in [0.29, 0.717) is 31.5 Å². The first-order chi connectivity index (χ1) is 16.3. The number of aromatic amines is 1. The number of nitrogens with one attached hydrogen (secondary N) is 2. The number of aryl methyl sites for hydroxylation is 1. The van der Waals surface area contributed by atoms with Crippen LogP contribution in [0.2, 0.25) is 0 Å². The second-order valence-electron chi connectivity index (χ2n) is 9.24. The molecular weight excluding hydrogens is 434 g/mol. The van der Waals surface area contributed by atoms with E-state index in [1.165, 1.54) is 0 Å². The summed E-state index contributed by atoms with van der Waals surface area (Å²) >= 11 is 0. The number of fused-ring (bicyclic) bond motifs is 1. The minimum Gasteiger partial charge on any atom is -0.341 e. The normalized spacial score (nSPS) is 21.4. The van der Waals surface area contributed by atoms with Crippen molar-refractivity contribution in [2.24, 2.45) is 0 Å². The van der Waals surface area contributed by atoms with Crippen LogP contribution in [0.15, 0.2) is 53.3 Å². The van der Waals surface area contributed by atoms with E-state index in [0.717, 1.165) is 21.5 Å². The Morgan fingerprint density at radius 2 is 1.71 bits per heavy atom. The fourth-order valence-corrected chi connectivity index (χ4v) is 4.97. The van der Waals surface area contributed by atoms with E-state index in [1.807, 2.05) is 55.5 Å². The molecule has 2 aliphatic rings. The molecule has 0 unspecified atom stereocenters. The van der Waals surface area contributed by atoms with E-state index in [2.05, 4.69) is 10.3 Å². The molecule has 0 aliphatic carbocycles. The molecule has 0 spiro atoms. The number of aromatic nitrogens is 2. The van der Waals surface area contributed by atoms with Gasteiger partial charge in [-0.25, -0.2) is 9.59 Å². The molecule has 3 heterocycles. The standard InChI is InChI=1S/C25H27N5O4/c1-16-7-9-17(10-8-16)25(2)22(32)29(24(34)27-25)15-21(31)28-13-11-18(12-14-28)30-20-6-4-3-5-19(20)26-23(30)33/h3-10,18H,11-15H2,1-2H3,(H,26,33)(H,27,34)/t25-/m1/s1. The van der Waals surface area contributed by atoms with Crippen molar-refractivity contribution in [2.75, 3.05) is 19.6 Å². The predicted molar refractivity (Wildman–Crippen MR) is 126 cm³/mol. The van der Waals surface area contributed by atoms with Crippen molar-refractivity contribution in [3.63, 3.8) is 0 Å². The largest absolute Gasteiger partial charge is 0.341 e. The Kier molecular flexibility index (Phi) is 5.27. The van der Waals surface area contributed by atoms with Gasteiger partial charge in [-0.3, -0.25) is 19.1 Å². The highest BCUT2D eigenvalue weighted by Crippen LogP contribution is 2.30. The van der Waals surface area contributed by atoms with E-state index in [-0.39, 0.29) is 24.2 Å². The van der Waals surface area contributed by atoms with Crippen LogP contribution in [0.3, 0.4) is 0 Å². The van der Waals surface area contributed by atoms with E-state index in [9.17, 15) is 19.2 Å². The number of carbonyl (C=O) groups is 3. The highest BCUT2D eigenvalue weighted by Gasteiger charge is 2.49. The van der Waals surface area contributed by atoms with Gasteiger partial charge < -0.3 is 15.2 Å². The molecule has 0 saturated carbocycles. The molecule has 2 fully saturated rings. The Bertz CT molecular complexity index is 1330. The van der Waals surface area contributed by atoms with Gasteiger partial charge in [0.15, 0.2) is 0 Å². The van der Waals surface area contributed by atoms with Crippen LogP contribution >= 0.6 is 0 Å². The molecule has 2 aliphatic heterocycles. The zero-order valence-electron chi connectivity index (χ0n) is 19.2. The number of H-pyrrole nitrogens is 1. The van der Waals surface area contributed by atoms with E-state index >= 15 is 0 Å². The number of piperidine rings is 1. The number of hydrogen-bond acceptors (Lipinski definition) is 4. The maximum Gasteiger partial charge on any atom is 0.326 e. The van der Waals surface area contributed by atoms with Gasteiger partial charge in [0.05, 0.1) is 11.0 Å². The van der Waals surface area contributed by atoms with Crippen LogP contribution in [-0.2, 0) is 15.1 Å². The number of imide groups is 1. The van der Waals surface area contributed by atoms with Gasteiger partial charge in [-0.2, -0.15) is 0 Å². The molecule has 1 aromatic heterocycles. The van der Waals surface area contributed by atoms with Crippen molar-refractivity contribution in [3.8, 4) is 0 Å². The quantitative estimate of drug-likeness (QED) is 0.581. The molecular formula is C25H27N5O4. The van der Waals surface area contributed by atoms with Crippen molar-refractivity contribution in [1.29, 1.82) is 0 Å². The Balaban J connectivity index is 1.25. The molecule has 0 bridgehead atoms. The van der Waals surface area contributed by atoms with Crippen LogP contribution < -0.4 is 11.0 Å². The molecule has 5 rings (SSSR count).